The van der Waals surface area contributed by atoms with Crippen molar-refractivity contribution >= 4 is 11.6 Å². The number of carbonyl (C=O) groups excluding carboxylic acids is 1. The lowest BCUT2D eigenvalue weighted by molar-refractivity contribution is -0.138. The second-order valence-corrected chi connectivity index (χ2v) is 5.11. The van der Waals surface area contributed by atoms with E-state index in [-0.39, 0.29) is 18.1 Å². The molecule has 1 heterocycles. The van der Waals surface area contributed by atoms with Crippen molar-refractivity contribution < 1.29 is 18.0 Å². The molecule has 23 heavy (non-hydrogen) atoms. The zero-order valence-corrected chi connectivity index (χ0v) is 12.7. The van der Waals surface area contributed by atoms with Gasteiger partial charge in [0, 0.05) is 32.7 Å². The van der Waals surface area contributed by atoms with Gasteiger partial charge in [-0.3, -0.25) is 9.48 Å². The Hall–Kier alpha value is -2.35. The first-order valence-corrected chi connectivity index (χ1v) is 6.92. The number of alkyl halides is 3. The first-order valence-electron chi connectivity index (χ1n) is 6.92. The van der Waals surface area contributed by atoms with Crippen LogP contribution >= 0.6 is 0 Å². The number of benzene rings is 1. The molecule has 124 valence electrons. The van der Waals surface area contributed by atoms with Crippen LogP contribution < -0.4 is 10.6 Å². The first kappa shape index (κ1) is 17.0. The Morgan fingerprint density at radius 2 is 1.87 bits per heavy atom. The van der Waals surface area contributed by atoms with Crippen molar-refractivity contribution in [3.63, 3.8) is 0 Å². The maximum absolute atomic E-state index is 12.8. The van der Waals surface area contributed by atoms with Gasteiger partial charge in [0.25, 0.3) is 0 Å². The van der Waals surface area contributed by atoms with Crippen LogP contribution in [0, 0.1) is 0 Å². The molecule has 0 aliphatic carbocycles. The number of halogens is 3. The molecule has 2 rings (SSSR count). The summed E-state index contributed by atoms with van der Waals surface area (Å²) in [7, 11) is 1.48. The average Bonchev–Trinajstić information content (AvgIpc) is 2.82. The van der Waals surface area contributed by atoms with Crippen LogP contribution in [0.5, 0.6) is 0 Å². The van der Waals surface area contributed by atoms with Crippen molar-refractivity contribution in [2.75, 3.05) is 5.32 Å². The predicted octanol–water partition coefficient (Wildman–Crippen LogP) is 2.69. The molecule has 0 saturated heterocycles. The Morgan fingerprint density at radius 3 is 2.43 bits per heavy atom. The SMILES string of the molecule is CC(=O)Nc1ccc(CNCc2c(C(F)(F)F)cnn2C)cc1. The molecular weight excluding hydrogens is 309 g/mol. The maximum Gasteiger partial charge on any atom is 0.419 e. The minimum atomic E-state index is -4.41. The fraction of sp³-hybridized carbons (Fsp3) is 0.333. The van der Waals surface area contributed by atoms with Gasteiger partial charge in [-0.25, -0.2) is 0 Å². The Bertz CT molecular complexity index is 677. The summed E-state index contributed by atoms with van der Waals surface area (Å²) in [5.74, 6) is -0.160. The van der Waals surface area contributed by atoms with E-state index < -0.39 is 11.7 Å². The summed E-state index contributed by atoms with van der Waals surface area (Å²) in [4.78, 5) is 10.9. The molecule has 1 aromatic carbocycles. The fourth-order valence-electron chi connectivity index (χ4n) is 2.14. The molecule has 0 fully saturated rings. The molecule has 0 atom stereocenters. The molecule has 0 radical (unpaired) electrons. The van der Waals surface area contributed by atoms with Crippen LogP contribution in [-0.2, 0) is 31.1 Å². The summed E-state index contributed by atoms with van der Waals surface area (Å²) in [6.07, 6.45) is -3.58. The second kappa shape index (κ2) is 6.82. The van der Waals surface area contributed by atoms with E-state index in [1.54, 1.807) is 24.3 Å². The highest BCUT2D eigenvalue weighted by atomic mass is 19.4. The van der Waals surface area contributed by atoms with Gasteiger partial charge in [0.05, 0.1) is 17.5 Å². The molecule has 1 aromatic heterocycles. The maximum atomic E-state index is 12.8. The second-order valence-electron chi connectivity index (χ2n) is 5.11. The Kier molecular flexibility index (Phi) is 5.05. The summed E-state index contributed by atoms with van der Waals surface area (Å²) >= 11 is 0. The highest BCUT2D eigenvalue weighted by Crippen LogP contribution is 2.31. The largest absolute Gasteiger partial charge is 0.419 e. The van der Waals surface area contributed by atoms with E-state index >= 15 is 0 Å². The Balaban J connectivity index is 1.95. The fourth-order valence-corrected chi connectivity index (χ4v) is 2.14. The first-order chi connectivity index (χ1) is 10.8. The quantitative estimate of drug-likeness (QED) is 0.888. The van der Waals surface area contributed by atoms with Gasteiger partial charge >= 0.3 is 6.18 Å². The number of hydrogen-bond donors (Lipinski definition) is 2. The molecule has 5 nitrogen and oxygen atoms in total. The van der Waals surface area contributed by atoms with Crippen molar-refractivity contribution in [1.82, 2.24) is 15.1 Å². The molecule has 0 unspecified atom stereocenters. The van der Waals surface area contributed by atoms with Crippen LogP contribution in [0.2, 0.25) is 0 Å². The van der Waals surface area contributed by atoms with Gasteiger partial charge in [-0.15, -0.1) is 0 Å². The molecule has 0 bridgehead atoms. The van der Waals surface area contributed by atoms with Gasteiger partial charge in [-0.05, 0) is 17.7 Å². The highest BCUT2D eigenvalue weighted by molar-refractivity contribution is 5.88. The minimum Gasteiger partial charge on any atom is -0.326 e. The van der Waals surface area contributed by atoms with E-state index in [4.69, 9.17) is 0 Å². The van der Waals surface area contributed by atoms with Gasteiger partial charge in [0.1, 0.15) is 0 Å². The summed E-state index contributed by atoms with van der Waals surface area (Å²) < 4.78 is 39.8. The lowest BCUT2D eigenvalue weighted by Gasteiger charge is -2.11. The monoisotopic (exact) mass is 326 g/mol. The van der Waals surface area contributed by atoms with E-state index in [1.807, 2.05) is 0 Å². The van der Waals surface area contributed by atoms with E-state index in [0.717, 1.165) is 11.8 Å². The number of anilines is 1. The summed E-state index contributed by atoms with van der Waals surface area (Å²) in [5.41, 5.74) is 0.933. The number of carbonyl (C=O) groups is 1. The van der Waals surface area contributed by atoms with Crippen molar-refractivity contribution in [3.05, 3.63) is 47.3 Å². The molecular formula is C15H17F3N4O. The zero-order valence-electron chi connectivity index (χ0n) is 12.7. The van der Waals surface area contributed by atoms with E-state index in [0.29, 0.717) is 12.2 Å². The lowest BCUT2D eigenvalue weighted by Crippen LogP contribution is -2.19. The number of nitrogens with zero attached hydrogens (tertiary/aromatic N) is 2. The smallest absolute Gasteiger partial charge is 0.326 e. The lowest BCUT2D eigenvalue weighted by atomic mass is 10.2. The molecule has 2 aromatic rings. The summed E-state index contributed by atoms with van der Waals surface area (Å²) in [6, 6.07) is 7.08. The van der Waals surface area contributed by atoms with Crippen LogP contribution in [0.25, 0.3) is 0 Å². The van der Waals surface area contributed by atoms with Crippen LogP contribution in [0.1, 0.15) is 23.7 Å². The van der Waals surface area contributed by atoms with Crippen LogP contribution in [0.15, 0.2) is 30.5 Å². The van der Waals surface area contributed by atoms with Gasteiger partial charge in [0.2, 0.25) is 5.91 Å². The predicted molar refractivity (Wildman–Crippen MR) is 79.5 cm³/mol. The number of nitrogens with one attached hydrogen (secondary N) is 2. The van der Waals surface area contributed by atoms with E-state index in [1.165, 1.54) is 18.7 Å². The number of rotatable bonds is 5. The van der Waals surface area contributed by atoms with Crippen LogP contribution in [0.4, 0.5) is 18.9 Å². The van der Waals surface area contributed by atoms with Crippen LogP contribution in [0.3, 0.4) is 0 Å². The van der Waals surface area contributed by atoms with Crippen molar-refractivity contribution in [2.24, 2.45) is 7.05 Å². The average molecular weight is 326 g/mol. The number of aryl methyl sites for hydroxylation is 1. The summed E-state index contributed by atoms with van der Waals surface area (Å²) in [6.45, 7) is 1.88. The number of aromatic nitrogens is 2. The topological polar surface area (TPSA) is 59.0 Å². The number of hydrogen-bond acceptors (Lipinski definition) is 3. The van der Waals surface area contributed by atoms with Gasteiger partial charge in [-0.2, -0.15) is 18.3 Å². The minimum absolute atomic E-state index is 0.0544. The highest BCUT2D eigenvalue weighted by Gasteiger charge is 2.35. The third kappa shape index (κ3) is 4.56. The normalized spacial score (nSPS) is 11.5. The number of amides is 1. The van der Waals surface area contributed by atoms with Gasteiger partial charge in [0.15, 0.2) is 0 Å². The molecule has 1 amide bonds. The van der Waals surface area contributed by atoms with Gasteiger partial charge < -0.3 is 10.6 Å². The van der Waals surface area contributed by atoms with E-state index in [2.05, 4.69) is 15.7 Å². The molecule has 0 aliphatic heterocycles. The standard InChI is InChI=1S/C15H17F3N4O/c1-10(23)21-12-5-3-11(4-6-12)7-19-9-14-13(15(16,17)18)8-20-22(14)2/h3-6,8,19H,7,9H2,1-2H3,(H,21,23). The van der Waals surface area contributed by atoms with Crippen LogP contribution in [-0.4, -0.2) is 15.7 Å². The van der Waals surface area contributed by atoms with Crippen molar-refractivity contribution in [3.8, 4) is 0 Å². The molecule has 2 N–H and O–H groups in total. The van der Waals surface area contributed by atoms with E-state index in [9.17, 15) is 18.0 Å². The zero-order chi connectivity index (χ0) is 17.0. The van der Waals surface area contributed by atoms with Crippen molar-refractivity contribution in [2.45, 2.75) is 26.2 Å². The summed E-state index contributed by atoms with van der Waals surface area (Å²) in [5, 5.41) is 9.28. The molecule has 0 aliphatic rings. The van der Waals surface area contributed by atoms with Crippen molar-refractivity contribution in [1.29, 1.82) is 0 Å². The Morgan fingerprint density at radius 1 is 1.22 bits per heavy atom. The van der Waals surface area contributed by atoms with Gasteiger partial charge in [-0.1, -0.05) is 12.1 Å². The third-order valence-corrected chi connectivity index (χ3v) is 3.26. The molecule has 8 heteroatoms. The third-order valence-electron chi connectivity index (χ3n) is 3.26. The Labute approximate surface area is 131 Å². The molecule has 0 spiro atoms. The molecule has 0 saturated carbocycles.